The summed E-state index contributed by atoms with van der Waals surface area (Å²) in [6.45, 7) is 3.12. The zero-order chi connectivity index (χ0) is 11.1. The topological polar surface area (TPSA) is 21.3 Å². The van der Waals surface area contributed by atoms with Gasteiger partial charge in [0.15, 0.2) is 0 Å². The van der Waals surface area contributed by atoms with E-state index in [1.165, 1.54) is 5.56 Å². The van der Waals surface area contributed by atoms with Crippen molar-refractivity contribution in [3.05, 3.63) is 29.8 Å². The van der Waals surface area contributed by atoms with E-state index in [1.807, 2.05) is 23.9 Å². The normalized spacial score (nSPS) is 12.5. The van der Waals surface area contributed by atoms with Crippen LogP contribution in [0, 0.1) is 0 Å². The Bertz CT molecular complexity index is 285. The van der Waals surface area contributed by atoms with E-state index in [4.69, 9.17) is 4.74 Å². The van der Waals surface area contributed by atoms with E-state index in [0.29, 0.717) is 6.04 Å². The number of benzene rings is 1. The monoisotopic (exact) mass is 225 g/mol. The minimum Gasteiger partial charge on any atom is -0.497 e. The molecule has 0 saturated carbocycles. The van der Waals surface area contributed by atoms with Crippen LogP contribution in [0.2, 0.25) is 0 Å². The standard InChI is InChI=1S/C12H19NOS/c1-4-13-12(9-15-3)10-6-5-7-11(8-10)14-2/h5-8,12-13H,4,9H2,1-3H3. The molecule has 0 fully saturated rings. The molecule has 15 heavy (non-hydrogen) atoms. The van der Waals surface area contributed by atoms with Crippen molar-refractivity contribution in [1.82, 2.24) is 5.32 Å². The number of hydrogen-bond donors (Lipinski definition) is 1. The Morgan fingerprint density at radius 2 is 2.27 bits per heavy atom. The summed E-state index contributed by atoms with van der Waals surface area (Å²) in [4.78, 5) is 0. The van der Waals surface area contributed by atoms with Crippen LogP contribution >= 0.6 is 11.8 Å². The number of thioether (sulfide) groups is 1. The molecule has 0 saturated heterocycles. The van der Waals surface area contributed by atoms with Gasteiger partial charge < -0.3 is 10.1 Å². The van der Waals surface area contributed by atoms with E-state index in [1.54, 1.807) is 7.11 Å². The zero-order valence-electron chi connectivity index (χ0n) is 9.62. The number of nitrogens with one attached hydrogen (secondary N) is 1. The first kappa shape index (κ1) is 12.4. The summed E-state index contributed by atoms with van der Waals surface area (Å²) >= 11 is 1.85. The van der Waals surface area contributed by atoms with E-state index in [2.05, 4.69) is 30.6 Å². The summed E-state index contributed by atoms with van der Waals surface area (Å²) in [5.74, 6) is 2.01. The molecule has 1 N–H and O–H groups in total. The minimum atomic E-state index is 0.417. The molecule has 1 aromatic rings. The van der Waals surface area contributed by atoms with Gasteiger partial charge in [0.2, 0.25) is 0 Å². The summed E-state index contributed by atoms with van der Waals surface area (Å²) < 4.78 is 5.23. The number of methoxy groups -OCH3 is 1. The van der Waals surface area contributed by atoms with Crippen LogP contribution in [0.1, 0.15) is 18.5 Å². The predicted molar refractivity (Wildman–Crippen MR) is 67.8 cm³/mol. The summed E-state index contributed by atoms with van der Waals surface area (Å²) in [6, 6.07) is 8.68. The number of hydrogen-bond acceptors (Lipinski definition) is 3. The van der Waals surface area contributed by atoms with Gasteiger partial charge in [-0.1, -0.05) is 19.1 Å². The van der Waals surface area contributed by atoms with E-state index in [-0.39, 0.29) is 0 Å². The smallest absolute Gasteiger partial charge is 0.119 e. The highest BCUT2D eigenvalue weighted by Crippen LogP contribution is 2.21. The molecule has 0 aliphatic carbocycles. The molecule has 0 spiro atoms. The Hall–Kier alpha value is -0.670. The first-order valence-electron chi connectivity index (χ1n) is 5.18. The van der Waals surface area contributed by atoms with E-state index >= 15 is 0 Å². The maximum Gasteiger partial charge on any atom is 0.119 e. The van der Waals surface area contributed by atoms with E-state index in [0.717, 1.165) is 18.0 Å². The van der Waals surface area contributed by atoms with Gasteiger partial charge in [-0.25, -0.2) is 0 Å². The van der Waals surface area contributed by atoms with Gasteiger partial charge >= 0.3 is 0 Å². The molecule has 0 aromatic heterocycles. The molecule has 0 amide bonds. The van der Waals surface area contributed by atoms with Gasteiger partial charge in [-0.15, -0.1) is 0 Å². The summed E-state index contributed by atoms with van der Waals surface area (Å²) in [5.41, 5.74) is 1.30. The van der Waals surface area contributed by atoms with Crippen LogP contribution in [0.3, 0.4) is 0 Å². The van der Waals surface area contributed by atoms with Crippen LogP contribution in [-0.2, 0) is 0 Å². The Kier molecular flexibility index (Phi) is 5.58. The van der Waals surface area contributed by atoms with Gasteiger partial charge in [0.05, 0.1) is 7.11 Å². The summed E-state index contributed by atoms with van der Waals surface area (Å²) in [6.07, 6.45) is 2.13. The molecule has 0 bridgehead atoms. The highest BCUT2D eigenvalue weighted by molar-refractivity contribution is 7.98. The molecular formula is C12H19NOS. The molecule has 3 heteroatoms. The molecule has 1 atom stereocenters. The average molecular weight is 225 g/mol. The second-order valence-corrected chi connectivity index (χ2v) is 4.25. The van der Waals surface area contributed by atoms with Crippen LogP contribution in [0.15, 0.2) is 24.3 Å². The van der Waals surface area contributed by atoms with Crippen molar-refractivity contribution in [3.8, 4) is 5.75 Å². The van der Waals surface area contributed by atoms with Crippen molar-refractivity contribution < 1.29 is 4.74 Å². The predicted octanol–water partition coefficient (Wildman–Crippen LogP) is 2.71. The fourth-order valence-corrected chi connectivity index (χ4v) is 2.19. The van der Waals surface area contributed by atoms with Gasteiger partial charge in [0.25, 0.3) is 0 Å². The second-order valence-electron chi connectivity index (χ2n) is 3.34. The third-order valence-electron chi connectivity index (χ3n) is 2.28. The lowest BCUT2D eigenvalue weighted by Gasteiger charge is -2.17. The molecule has 0 heterocycles. The van der Waals surface area contributed by atoms with Gasteiger partial charge in [-0.05, 0) is 30.5 Å². The average Bonchev–Trinajstić information content (AvgIpc) is 2.29. The Morgan fingerprint density at radius 1 is 1.47 bits per heavy atom. The maximum atomic E-state index is 5.23. The van der Waals surface area contributed by atoms with Crippen molar-refractivity contribution in [2.75, 3.05) is 25.7 Å². The molecule has 1 unspecified atom stereocenters. The maximum absolute atomic E-state index is 5.23. The van der Waals surface area contributed by atoms with Crippen LogP contribution in [0.5, 0.6) is 5.75 Å². The fraction of sp³-hybridized carbons (Fsp3) is 0.500. The lowest BCUT2D eigenvalue weighted by atomic mass is 10.1. The molecule has 1 aromatic carbocycles. The SMILES string of the molecule is CCNC(CSC)c1cccc(OC)c1. The van der Waals surface area contributed by atoms with Gasteiger partial charge in [-0.2, -0.15) is 11.8 Å². The Balaban J connectivity index is 2.79. The zero-order valence-corrected chi connectivity index (χ0v) is 10.4. The Morgan fingerprint density at radius 3 is 2.87 bits per heavy atom. The van der Waals surface area contributed by atoms with Crippen LogP contribution < -0.4 is 10.1 Å². The summed E-state index contributed by atoms with van der Waals surface area (Å²) in [5, 5.41) is 3.47. The van der Waals surface area contributed by atoms with E-state index in [9.17, 15) is 0 Å². The molecule has 1 rings (SSSR count). The molecule has 0 radical (unpaired) electrons. The van der Waals surface area contributed by atoms with Crippen molar-refractivity contribution in [2.45, 2.75) is 13.0 Å². The van der Waals surface area contributed by atoms with Gasteiger partial charge in [-0.3, -0.25) is 0 Å². The quantitative estimate of drug-likeness (QED) is 0.804. The molecule has 0 aliphatic heterocycles. The minimum absolute atomic E-state index is 0.417. The highest BCUT2D eigenvalue weighted by atomic mass is 32.2. The summed E-state index contributed by atoms with van der Waals surface area (Å²) in [7, 11) is 1.70. The number of ether oxygens (including phenoxy) is 1. The lowest BCUT2D eigenvalue weighted by Crippen LogP contribution is -2.22. The Labute approximate surface area is 96.4 Å². The lowest BCUT2D eigenvalue weighted by molar-refractivity contribution is 0.413. The van der Waals surface area contributed by atoms with Crippen molar-refractivity contribution in [3.63, 3.8) is 0 Å². The second kappa shape index (κ2) is 6.75. The van der Waals surface area contributed by atoms with Crippen molar-refractivity contribution in [1.29, 1.82) is 0 Å². The van der Waals surface area contributed by atoms with Crippen LogP contribution in [-0.4, -0.2) is 25.7 Å². The van der Waals surface area contributed by atoms with E-state index < -0.39 is 0 Å². The van der Waals surface area contributed by atoms with Crippen molar-refractivity contribution in [2.24, 2.45) is 0 Å². The van der Waals surface area contributed by atoms with Crippen LogP contribution in [0.4, 0.5) is 0 Å². The third kappa shape index (κ3) is 3.76. The molecule has 84 valence electrons. The number of rotatable bonds is 6. The van der Waals surface area contributed by atoms with Gasteiger partial charge in [0.1, 0.15) is 5.75 Å². The highest BCUT2D eigenvalue weighted by Gasteiger charge is 2.09. The molecule has 0 aliphatic rings. The third-order valence-corrected chi connectivity index (χ3v) is 2.95. The first-order chi connectivity index (χ1) is 7.31. The van der Waals surface area contributed by atoms with Crippen molar-refractivity contribution >= 4 is 11.8 Å². The van der Waals surface area contributed by atoms with Crippen LogP contribution in [0.25, 0.3) is 0 Å². The first-order valence-corrected chi connectivity index (χ1v) is 6.57. The largest absolute Gasteiger partial charge is 0.497 e. The van der Waals surface area contributed by atoms with Gasteiger partial charge in [0, 0.05) is 11.8 Å². The fourth-order valence-electron chi connectivity index (χ4n) is 1.54. The molecule has 2 nitrogen and oxygen atoms in total. The molecular weight excluding hydrogens is 206 g/mol.